The van der Waals surface area contributed by atoms with Gasteiger partial charge in [-0.15, -0.1) is 11.3 Å². The molecule has 0 aliphatic carbocycles. The smallest absolute Gasteiger partial charge is 0.341 e. The average molecular weight is 337 g/mol. The number of rotatable bonds is 4. The van der Waals surface area contributed by atoms with Crippen molar-refractivity contribution in [2.45, 2.75) is 6.61 Å². The van der Waals surface area contributed by atoms with Gasteiger partial charge >= 0.3 is 5.97 Å². The van der Waals surface area contributed by atoms with Crippen LogP contribution >= 0.6 is 34.3 Å². The minimum Gasteiger partial charge on any atom is -0.455 e. The van der Waals surface area contributed by atoms with Crippen LogP contribution in [0.15, 0.2) is 40.5 Å². The van der Waals surface area contributed by atoms with Crippen LogP contribution in [0.1, 0.15) is 16.1 Å². The van der Waals surface area contributed by atoms with Crippen LogP contribution in [0, 0.1) is 0 Å². The Morgan fingerprint density at radius 1 is 1.33 bits per heavy atom. The summed E-state index contributed by atoms with van der Waals surface area (Å²) < 4.78 is 5.21. The fourth-order valence-electron chi connectivity index (χ4n) is 1.65. The SMILES string of the molecule is O=C(OCc1csc(-c2ccsc2)n1)c1cccnc1Cl. The van der Waals surface area contributed by atoms with Crippen LogP contribution in [-0.2, 0) is 11.3 Å². The molecule has 7 heteroatoms. The van der Waals surface area contributed by atoms with Crippen molar-refractivity contribution in [1.82, 2.24) is 9.97 Å². The first-order valence-electron chi connectivity index (χ1n) is 5.98. The molecule has 0 N–H and O–H groups in total. The second-order valence-corrected chi connectivity index (χ2v) is 6.07. The van der Waals surface area contributed by atoms with Gasteiger partial charge in [-0.2, -0.15) is 11.3 Å². The van der Waals surface area contributed by atoms with Crippen LogP contribution in [0.5, 0.6) is 0 Å². The average Bonchev–Trinajstić information content (AvgIpc) is 3.16. The van der Waals surface area contributed by atoms with E-state index in [4.69, 9.17) is 16.3 Å². The van der Waals surface area contributed by atoms with Gasteiger partial charge in [-0.3, -0.25) is 0 Å². The number of carbonyl (C=O) groups excluding carboxylic acids is 1. The number of carbonyl (C=O) groups is 1. The molecule has 3 heterocycles. The molecule has 0 saturated carbocycles. The summed E-state index contributed by atoms with van der Waals surface area (Å²) in [5, 5.41) is 6.97. The number of esters is 1. The van der Waals surface area contributed by atoms with E-state index in [1.165, 1.54) is 17.5 Å². The van der Waals surface area contributed by atoms with Gasteiger partial charge < -0.3 is 4.74 Å². The molecule has 3 aromatic heterocycles. The molecule has 0 saturated heterocycles. The van der Waals surface area contributed by atoms with Crippen LogP contribution in [0.25, 0.3) is 10.6 Å². The maximum atomic E-state index is 11.9. The summed E-state index contributed by atoms with van der Waals surface area (Å²) in [6, 6.07) is 5.23. The maximum absolute atomic E-state index is 11.9. The highest BCUT2D eigenvalue weighted by Crippen LogP contribution is 2.26. The standard InChI is InChI=1S/C14H9ClN2O2S2/c15-12-11(2-1-4-16-12)14(18)19-6-10-8-21-13(17-10)9-3-5-20-7-9/h1-5,7-8H,6H2. The summed E-state index contributed by atoms with van der Waals surface area (Å²) in [5.74, 6) is -0.502. The molecule has 21 heavy (non-hydrogen) atoms. The van der Waals surface area contributed by atoms with Gasteiger partial charge in [0, 0.05) is 22.5 Å². The van der Waals surface area contributed by atoms with Crippen LogP contribution in [-0.4, -0.2) is 15.9 Å². The lowest BCUT2D eigenvalue weighted by atomic mass is 10.3. The third kappa shape index (κ3) is 3.29. The molecule has 0 aliphatic rings. The van der Waals surface area contributed by atoms with Gasteiger partial charge in [0.25, 0.3) is 0 Å². The van der Waals surface area contributed by atoms with E-state index in [2.05, 4.69) is 9.97 Å². The number of pyridine rings is 1. The number of aromatic nitrogens is 2. The molecule has 3 rings (SSSR count). The van der Waals surface area contributed by atoms with E-state index in [0.29, 0.717) is 0 Å². The Morgan fingerprint density at radius 3 is 3.00 bits per heavy atom. The van der Waals surface area contributed by atoms with Crippen molar-refractivity contribution in [3.8, 4) is 10.6 Å². The van der Waals surface area contributed by atoms with E-state index >= 15 is 0 Å². The molecule has 0 aliphatic heterocycles. The molecule has 0 atom stereocenters. The molecule has 0 fully saturated rings. The van der Waals surface area contributed by atoms with Crippen molar-refractivity contribution >= 4 is 40.2 Å². The summed E-state index contributed by atoms with van der Waals surface area (Å²) in [6.07, 6.45) is 1.52. The number of hydrogen-bond acceptors (Lipinski definition) is 6. The Morgan fingerprint density at radius 2 is 2.24 bits per heavy atom. The van der Waals surface area contributed by atoms with Crippen molar-refractivity contribution < 1.29 is 9.53 Å². The third-order valence-corrected chi connectivity index (χ3v) is 4.57. The molecular weight excluding hydrogens is 328 g/mol. The van der Waals surface area contributed by atoms with E-state index in [9.17, 15) is 4.79 Å². The Bertz CT molecular complexity index is 756. The number of nitrogens with zero attached hydrogens (tertiary/aromatic N) is 2. The summed E-state index contributed by atoms with van der Waals surface area (Å²) in [4.78, 5) is 20.2. The maximum Gasteiger partial charge on any atom is 0.341 e. The Balaban J connectivity index is 1.66. The third-order valence-electron chi connectivity index (χ3n) is 2.65. The molecule has 0 aromatic carbocycles. The zero-order valence-electron chi connectivity index (χ0n) is 10.7. The quantitative estimate of drug-likeness (QED) is 0.527. The molecule has 0 unspecified atom stereocenters. The van der Waals surface area contributed by atoms with Crippen LogP contribution in [0.3, 0.4) is 0 Å². The first kappa shape index (κ1) is 14.2. The van der Waals surface area contributed by atoms with Crippen LogP contribution in [0.4, 0.5) is 0 Å². The fraction of sp³-hybridized carbons (Fsp3) is 0.0714. The highest BCUT2D eigenvalue weighted by Gasteiger charge is 2.13. The number of thiazole rings is 1. The lowest BCUT2D eigenvalue weighted by Crippen LogP contribution is -2.06. The molecule has 0 amide bonds. The molecule has 0 spiro atoms. The summed E-state index contributed by atoms with van der Waals surface area (Å²) in [6.45, 7) is 0.116. The fourth-order valence-corrected chi connectivity index (χ4v) is 3.36. The van der Waals surface area contributed by atoms with Crippen molar-refractivity contribution in [1.29, 1.82) is 0 Å². The summed E-state index contributed by atoms with van der Waals surface area (Å²) >= 11 is 8.99. The lowest BCUT2D eigenvalue weighted by molar-refractivity contribution is 0.0468. The molecular formula is C14H9ClN2O2S2. The predicted molar refractivity (Wildman–Crippen MR) is 83.8 cm³/mol. The minimum atomic E-state index is -0.502. The van der Waals surface area contributed by atoms with Gasteiger partial charge in [-0.1, -0.05) is 11.6 Å². The van der Waals surface area contributed by atoms with Crippen LogP contribution < -0.4 is 0 Å². The van der Waals surface area contributed by atoms with E-state index in [-0.39, 0.29) is 17.3 Å². The second kappa shape index (κ2) is 6.34. The Hall–Kier alpha value is -1.76. The largest absolute Gasteiger partial charge is 0.455 e. The highest BCUT2D eigenvalue weighted by molar-refractivity contribution is 7.14. The normalized spacial score (nSPS) is 10.5. The second-order valence-electron chi connectivity index (χ2n) is 4.07. The predicted octanol–water partition coefficient (Wildman–Crippen LogP) is 4.28. The molecule has 106 valence electrons. The zero-order valence-corrected chi connectivity index (χ0v) is 13.0. The molecule has 0 radical (unpaired) electrons. The van der Waals surface area contributed by atoms with Gasteiger partial charge in [0.15, 0.2) is 0 Å². The highest BCUT2D eigenvalue weighted by atomic mass is 35.5. The Kier molecular flexibility index (Phi) is 4.28. The Labute approximate surface area is 134 Å². The van der Waals surface area contributed by atoms with Gasteiger partial charge in [-0.25, -0.2) is 14.8 Å². The first-order chi connectivity index (χ1) is 10.2. The summed E-state index contributed by atoms with van der Waals surface area (Å²) in [5.41, 5.74) is 2.06. The number of ether oxygens (including phenoxy) is 1. The topological polar surface area (TPSA) is 52.1 Å². The van der Waals surface area contributed by atoms with Crippen molar-refractivity contribution in [3.63, 3.8) is 0 Å². The van der Waals surface area contributed by atoms with Crippen LogP contribution in [0.2, 0.25) is 5.15 Å². The monoisotopic (exact) mass is 336 g/mol. The van der Waals surface area contributed by atoms with E-state index in [1.54, 1.807) is 23.5 Å². The van der Waals surface area contributed by atoms with Gasteiger partial charge in [0.1, 0.15) is 16.8 Å². The minimum absolute atomic E-state index is 0.116. The van der Waals surface area contributed by atoms with E-state index < -0.39 is 5.97 Å². The van der Waals surface area contributed by atoms with Crippen molar-refractivity contribution in [2.75, 3.05) is 0 Å². The van der Waals surface area contributed by atoms with Gasteiger partial charge in [-0.05, 0) is 23.6 Å². The zero-order chi connectivity index (χ0) is 14.7. The van der Waals surface area contributed by atoms with Crippen molar-refractivity contribution in [3.05, 3.63) is 56.9 Å². The molecule has 4 nitrogen and oxygen atoms in total. The van der Waals surface area contributed by atoms with E-state index in [0.717, 1.165) is 16.3 Å². The molecule has 3 aromatic rings. The number of thiophene rings is 1. The van der Waals surface area contributed by atoms with E-state index in [1.807, 2.05) is 22.2 Å². The van der Waals surface area contributed by atoms with Crippen molar-refractivity contribution in [2.24, 2.45) is 0 Å². The summed E-state index contributed by atoms with van der Waals surface area (Å²) in [7, 11) is 0. The molecule has 0 bridgehead atoms. The number of hydrogen-bond donors (Lipinski definition) is 0. The van der Waals surface area contributed by atoms with Gasteiger partial charge in [0.05, 0.1) is 11.3 Å². The van der Waals surface area contributed by atoms with Gasteiger partial charge in [0.2, 0.25) is 0 Å². The lowest BCUT2D eigenvalue weighted by Gasteiger charge is -2.03. The first-order valence-corrected chi connectivity index (χ1v) is 8.18. The number of halogens is 1.